The van der Waals surface area contributed by atoms with E-state index >= 15 is 0 Å². The molecule has 0 saturated carbocycles. The summed E-state index contributed by atoms with van der Waals surface area (Å²) in [5.41, 5.74) is 0.935. The zero-order valence-electron chi connectivity index (χ0n) is 19.1. The summed E-state index contributed by atoms with van der Waals surface area (Å²) in [7, 11) is -7.46. The van der Waals surface area contributed by atoms with Gasteiger partial charge < -0.3 is 9.30 Å². The maximum atomic E-state index is 12.9. The summed E-state index contributed by atoms with van der Waals surface area (Å²) in [4.78, 5) is 17.7. The van der Waals surface area contributed by atoms with Crippen LogP contribution < -0.4 is 9.94 Å². The second-order valence-electron chi connectivity index (χ2n) is 7.96. The Balaban J connectivity index is 1.69. The van der Waals surface area contributed by atoms with Gasteiger partial charge in [-0.1, -0.05) is 11.3 Å². The molecule has 2 aromatic carbocycles. The van der Waals surface area contributed by atoms with E-state index < -0.39 is 26.0 Å². The number of carbonyl (C=O) groups excluding carboxylic acids is 1. The maximum Gasteiger partial charge on any atom is 0.279 e. The lowest BCUT2D eigenvalue weighted by molar-refractivity contribution is 0.0996. The number of ether oxygens (including phenoxy) is 1. The first-order valence-corrected chi connectivity index (χ1v) is 14.8. The molecule has 10 nitrogen and oxygen atoms in total. The molecule has 1 fully saturated rings. The van der Waals surface area contributed by atoms with Crippen LogP contribution in [0.15, 0.2) is 57.2 Å². The minimum absolute atomic E-state index is 0.0316. The number of sulfonamides is 2. The topological polar surface area (TPSA) is 141 Å². The summed E-state index contributed by atoms with van der Waals surface area (Å²) in [6.45, 7) is 4.18. The van der Waals surface area contributed by atoms with E-state index in [0.29, 0.717) is 47.9 Å². The smallest absolute Gasteiger partial charge is 0.279 e. The number of amides is 1. The van der Waals surface area contributed by atoms with Gasteiger partial charge in [-0.25, -0.2) is 22.0 Å². The molecule has 2 N–H and O–H groups in total. The Bertz CT molecular complexity index is 1520. The van der Waals surface area contributed by atoms with Crippen LogP contribution in [0.3, 0.4) is 0 Å². The molecule has 1 aromatic heterocycles. The first kappa shape index (κ1) is 25.7. The second kappa shape index (κ2) is 10.3. The van der Waals surface area contributed by atoms with Crippen LogP contribution in [0.5, 0.6) is 0 Å². The molecule has 0 spiro atoms. The maximum absolute atomic E-state index is 12.9. The fourth-order valence-electron chi connectivity index (χ4n) is 3.83. The molecule has 0 radical (unpaired) electrons. The molecule has 0 bridgehead atoms. The average molecular weight is 539 g/mol. The van der Waals surface area contributed by atoms with E-state index in [1.165, 1.54) is 40.7 Å². The number of fused-ring (bicyclic) bond motifs is 1. The number of aromatic nitrogens is 1. The molecular weight excluding hydrogens is 512 g/mol. The van der Waals surface area contributed by atoms with Crippen LogP contribution >= 0.6 is 11.3 Å². The van der Waals surface area contributed by atoms with Gasteiger partial charge in [-0.15, -0.1) is 0 Å². The highest BCUT2D eigenvalue weighted by Crippen LogP contribution is 2.23. The summed E-state index contributed by atoms with van der Waals surface area (Å²) in [5, 5.41) is 5.26. The first-order chi connectivity index (χ1) is 16.6. The van der Waals surface area contributed by atoms with Gasteiger partial charge in [0.25, 0.3) is 5.91 Å². The normalized spacial score (nSPS) is 15.8. The summed E-state index contributed by atoms with van der Waals surface area (Å²) in [6, 6.07) is 10.2. The number of hydrogen-bond acceptors (Lipinski definition) is 7. The standard InChI is InChI=1S/C22H26N4O6S3/c1-2-32-14-13-26-19-10-9-18(34(23,28)29)15-20(19)33-22(26)24-21(27)16-5-7-17(8-6-16)35(30,31)25-11-3-4-12-25/h5-10,15H,2-4,11-14H2,1H3,(H2,23,28,29). The van der Waals surface area contributed by atoms with Gasteiger partial charge in [0.2, 0.25) is 20.0 Å². The van der Waals surface area contributed by atoms with Gasteiger partial charge in [-0.3, -0.25) is 4.79 Å². The van der Waals surface area contributed by atoms with E-state index in [-0.39, 0.29) is 15.4 Å². The van der Waals surface area contributed by atoms with Crippen LogP contribution in [0.2, 0.25) is 0 Å². The molecule has 0 atom stereocenters. The number of hydrogen-bond donors (Lipinski definition) is 1. The van der Waals surface area contributed by atoms with Crippen molar-refractivity contribution < 1.29 is 26.4 Å². The fourth-order valence-corrected chi connectivity index (χ4v) is 7.06. The highest BCUT2D eigenvalue weighted by atomic mass is 32.2. The van der Waals surface area contributed by atoms with Crippen molar-refractivity contribution in [2.24, 2.45) is 10.1 Å². The van der Waals surface area contributed by atoms with E-state index in [2.05, 4.69) is 4.99 Å². The lowest BCUT2D eigenvalue weighted by Crippen LogP contribution is -2.27. The largest absolute Gasteiger partial charge is 0.380 e. The van der Waals surface area contributed by atoms with E-state index in [4.69, 9.17) is 9.88 Å². The quantitative estimate of drug-likeness (QED) is 0.434. The van der Waals surface area contributed by atoms with Crippen molar-refractivity contribution in [1.82, 2.24) is 8.87 Å². The SMILES string of the molecule is CCOCCn1c(=NC(=O)c2ccc(S(=O)(=O)N3CCCC3)cc2)sc2cc(S(N)(=O)=O)ccc21. The lowest BCUT2D eigenvalue weighted by atomic mass is 10.2. The first-order valence-electron chi connectivity index (χ1n) is 11.0. The van der Waals surface area contributed by atoms with E-state index in [1.54, 1.807) is 10.6 Å². The molecule has 0 aliphatic carbocycles. The summed E-state index contributed by atoms with van der Waals surface area (Å²) in [6.07, 6.45) is 1.68. The third kappa shape index (κ3) is 5.55. The van der Waals surface area contributed by atoms with Crippen LogP contribution in [-0.4, -0.2) is 57.9 Å². The number of nitrogens with zero attached hydrogens (tertiary/aromatic N) is 3. The number of primary sulfonamides is 1. The van der Waals surface area contributed by atoms with Gasteiger partial charge in [-0.2, -0.15) is 9.30 Å². The number of benzene rings is 2. The van der Waals surface area contributed by atoms with E-state index in [1.807, 2.05) is 6.92 Å². The molecule has 1 saturated heterocycles. The predicted octanol–water partition coefficient (Wildman–Crippen LogP) is 1.91. The monoisotopic (exact) mass is 538 g/mol. The average Bonchev–Trinajstić information content (AvgIpc) is 3.47. The van der Waals surface area contributed by atoms with Crippen molar-refractivity contribution in [3.63, 3.8) is 0 Å². The molecule has 3 aromatic rings. The minimum Gasteiger partial charge on any atom is -0.380 e. The van der Waals surface area contributed by atoms with E-state index in [9.17, 15) is 21.6 Å². The molecular formula is C22H26N4O6S3. The Hall–Kier alpha value is -2.42. The van der Waals surface area contributed by atoms with E-state index in [0.717, 1.165) is 24.2 Å². The minimum atomic E-state index is -3.88. The van der Waals surface area contributed by atoms with Crippen LogP contribution in [0.4, 0.5) is 0 Å². The van der Waals surface area contributed by atoms with Crippen molar-refractivity contribution >= 4 is 47.5 Å². The molecule has 1 amide bonds. The Morgan fingerprint density at radius 3 is 2.34 bits per heavy atom. The van der Waals surface area contributed by atoms with Crippen molar-refractivity contribution in [2.45, 2.75) is 36.1 Å². The van der Waals surface area contributed by atoms with Crippen LogP contribution in [-0.2, 0) is 31.3 Å². The highest BCUT2D eigenvalue weighted by molar-refractivity contribution is 7.89. The van der Waals surface area contributed by atoms with Crippen LogP contribution in [0.1, 0.15) is 30.1 Å². The Morgan fingerprint density at radius 1 is 1.06 bits per heavy atom. The molecule has 1 aliphatic heterocycles. The van der Waals surface area contributed by atoms with Crippen molar-refractivity contribution in [3.05, 3.63) is 52.8 Å². The molecule has 13 heteroatoms. The zero-order valence-corrected chi connectivity index (χ0v) is 21.5. The van der Waals surface area contributed by atoms with Crippen molar-refractivity contribution in [1.29, 1.82) is 0 Å². The van der Waals surface area contributed by atoms with Crippen molar-refractivity contribution in [2.75, 3.05) is 26.3 Å². The Morgan fingerprint density at radius 2 is 1.71 bits per heavy atom. The molecule has 2 heterocycles. The van der Waals surface area contributed by atoms with Crippen molar-refractivity contribution in [3.8, 4) is 0 Å². The molecule has 0 unspecified atom stereocenters. The molecule has 4 rings (SSSR count). The molecule has 1 aliphatic rings. The third-order valence-corrected chi connectivity index (χ3v) is 9.51. The number of nitrogens with two attached hydrogens (primary N) is 1. The summed E-state index contributed by atoms with van der Waals surface area (Å²) < 4.78 is 58.2. The fraction of sp³-hybridized carbons (Fsp3) is 0.364. The van der Waals surface area contributed by atoms with Crippen LogP contribution in [0, 0.1) is 0 Å². The second-order valence-corrected chi connectivity index (χ2v) is 12.5. The van der Waals surface area contributed by atoms with Gasteiger partial charge >= 0.3 is 0 Å². The number of rotatable bonds is 8. The summed E-state index contributed by atoms with van der Waals surface area (Å²) in [5.74, 6) is -0.543. The molecule has 188 valence electrons. The van der Waals surface area contributed by atoms with Gasteiger partial charge in [-0.05, 0) is 62.2 Å². The Kier molecular flexibility index (Phi) is 7.54. The Labute approximate surface area is 207 Å². The summed E-state index contributed by atoms with van der Waals surface area (Å²) >= 11 is 1.16. The van der Waals surface area contributed by atoms with Gasteiger partial charge in [0.15, 0.2) is 4.80 Å². The zero-order chi connectivity index (χ0) is 25.2. The van der Waals surface area contributed by atoms with Crippen LogP contribution in [0.25, 0.3) is 10.2 Å². The van der Waals surface area contributed by atoms with Gasteiger partial charge in [0.1, 0.15) is 0 Å². The number of carbonyl (C=O) groups is 1. The third-order valence-electron chi connectivity index (χ3n) is 5.65. The molecule has 35 heavy (non-hydrogen) atoms. The van der Waals surface area contributed by atoms with Gasteiger partial charge in [0.05, 0.1) is 26.6 Å². The van der Waals surface area contributed by atoms with Gasteiger partial charge in [0, 0.05) is 31.8 Å². The highest BCUT2D eigenvalue weighted by Gasteiger charge is 2.27. The predicted molar refractivity (Wildman–Crippen MR) is 132 cm³/mol. The number of thiazole rings is 1. The lowest BCUT2D eigenvalue weighted by Gasteiger charge is -2.15.